The van der Waals surface area contributed by atoms with Gasteiger partial charge in [-0.15, -0.1) is 33.3 Å². The van der Waals surface area contributed by atoms with Crippen molar-refractivity contribution in [2.24, 2.45) is 16.8 Å². The van der Waals surface area contributed by atoms with E-state index in [4.69, 9.17) is 16.3 Å². The summed E-state index contributed by atoms with van der Waals surface area (Å²) in [6, 6.07) is -0.931. The van der Waals surface area contributed by atoms with Crippen LogP contribution in [-0.4, -0.2) is 84.3 Å². The van der Waals surface area contributed by atoms with E-state index in [0.29, 0.717) is 27.3 Å². The lowest BCUT2D eigenvalue weighted by Crippen LogP contribution is -2.71. The molecule has 37 heavy (non-hydrogen) atoms. The molecule has 2 aliphatic heterocycles. The van der Waals surface area contributed by atoms with Gasteiger partial charge in [-0.25, -0.2) is 9.78 Å². The minimum atomic E-state index is -1.20. The maximum atomic E-state index is 13.2. The zero-order valence-corrected chi connectivity index (χ0v) is 22.4. The smallest absolute Gasteiger partial charge is 0.352 e. The maximum absolute atomic E-state index is 13.2. The van der Waals surface area contributed by atoms with Crippen molar-refractivity contribution in [1.82, 2.24) is 25.4 Å². The van der Waals surface area contributed by atoms with Crippen LogP contribution in [0.4, 0.5) is 5.13 Å². The molecular formula is C20H22N8O5S4. The number of carbonyl (C=O) groups excluding carboxylic acids is 2. The van der Waals surface area contributed by atoms with E-state index in [-0.39, 0.29) is 34.9 Å². The van der Waals surface area contributed by atoms with Crippen molar-refractivity contribution in [3.8, 4) is 0 Å². The summed E-state index contributed by atoms with van der Waals surface area (Å²) in [5, 5.41) is 25.6. The number of aromatic nitrogens is 3. The molecule has 6 N–H and O–H groups in total. The Bertz CT molecular complexity index is 1260. The summed E-state index contributed by atoms with van der Waals surface area (Å²) in [7, 11) is 0. The van der Waals surface area contributed by atoms with Gasteiger partial charge in [-0.3, -0.25) is 14.5 Å². The number of rotatable bonds is 11. The Morgan fingerprint density at radius 1 is 1.38 bits per heavy atom. The number of thiazole rings is 1. The number of thioether (sulfide) groups is 2. The molecular weight excluding hydrogens is 561 g/mol. The van der Waals surface area contributed by atoms with Crippen molar-refractivity contribution in [1.29, 1.82) is 0 Å². The van der Waals surface area contributed by atoms with Crippen LogP contribution in [0.2, 0.25) is 0 Å². The number of carboxylic acid groups (broad SMARTS) is 1. The summed E-state index contributed by atoms with van der Waals surface area (Å²) >= 11 is 5.24. The summed E-state index contributed by atoms with van der Waals surface area (Å²) in [5.74, 6) is -1.34. The van der Waals surface area contributed by atoms with Crippen LogP contribution < -0.4 is 16.8 Å². The second-order valence-corrected chi connectivity index (χ2v) is 12.4. The van der Waals surface area contributed by atoms with Crippen LogP contribution in [-0.2, 0) is 19.2 Å². The average molecular weight is 583 g/mol. The first-order valence-electron chi connectivity index (χ1n) is 11.1. The van der Waals surface area contributed by atoms with Crippen molar-refractivity contribution in [3.05, 3.63) is 27.9 Å². The van der Waals surface area contributed by atoms with Gasteiger partial charge in [0.25, 0.3) is 11.8 Å². The van der Waals surface area contributed by atoms with Crippen LogP contribution >= 0.6 is 46.2 Å². The van der Waals surface area contributed by atoms with Crippen molar-refractivity contribution in [2.45, 2.75) is 34.7 Å². The fourth-order valence-corrected chi connectivity index (χ4v) is 7.41. The Morgan fingerprint density at radius 3 is 2.81 bits per heavy atom. The number of carboxylic acids is 1. The van der Waals surface area contributed by atoms with E-state index >= 15 is 0 Å². The number of nitrogens with one attached hydrogen (secondary N) is 1. The number of β-lactam (4-membered cyclic amide) rings is 1. The molecule has 2 aromatic heterocycles. The number of nitrogens with zero attached hydrogens (tertiary/aromatic N) is 5. The summed E-state index contributed by atoms with van der Waals surface area (Å²) in [5.41, 5.74) is 13.8. The molecule has 3 unspecified atom stereocenters. The topological polar surface area (TPSA) is 199 Å². The number of aliphatic carboxylic acids is 1. The van der Waals surface area contributed by atoms with Gasteiger partial charge >= 0.3 is 5.97 Å². The highest BCUT2D eigenvalue weighted by Crippen LogP contribution is 2.41. The zero-order chi connectivity index (χ0) is 26.1. The third-order valence-electron chi connectivity index (χ3n) is 5.89. The Labute approximate surface area is 227 Å². The van der Waals surface area contributed by atoms with Gasteiger partial charge in [0.2, 0.25) is 0 Å². The van der Waals surface area contributed by atoms with Crippen LogP contribution in [0.25, 0.3) is 0 Å². The van der Waals surface area contributed by atoms with Gasteiger partial charge in [0.05, 0.1) is 0 Å². The molecule has 1 saturated heterocycles. The van der Waals surface area contributed by atoms with E-state index in [0.717, 1.165) is 24.2 Å². The van der Waals surface area contributed by atoms with Gasteiger partial charge in [0.15, 0.2) is 15.2 Å². The molecule has 2 fully saturated rings. The number of hydrogen-bond donors (Lipinski definition) is 4. The molecule has 1 aliphatic carbocycles. The summed E-state index contributed by atoms with van der Waals surface area (Å²) in [4.78, 5) is 49.3. The van der Waals surface area contributed by atoms with Gasteiger partial charge in [-0.05, 0) is 24.3 Å². The lowest BCUT2D eigenvalue weighted by atomic mass is 10.0. The number of nitrogens with two attached hydrogens (primary N) is 2. The number of carbonyl (C=O) groups is 3. The Kier molecular flexibility index (Phi) is 7.66. The van der Waals surface area contributed by atoms with Crippen molar-refractivity contribution >= 4 is 74.8 Å². The van der Waals surface area contributed by atoms with Crippen molar-refractivity contribution in [2.75, 3.05) is 23.8 Å². The molecule has 3 atom stereocenters. The van der Waals surface area contributed by atoms with Crippen LogP contribution in [0, 0.1) is 5.92 Å². The van der Waals surface area contributed by atoms with E-state index in [1.54, 1.807) is 10.9 Å². The van der Waals surface area contributed by atoms with E-state index in [1.807, 2.05) is 0 Å². The van der Waals surface area contributed by atoms with Gasteiger partial charge in [0, 0.05) is 23.4 Å². The summed E-state index contributed by atoms with van der Waals surface area (Å²) in [6.45, 7) is 0.251. The lowest BCUT2D eigenvalue weighted by molar-refractivity contribution is -0.150. The first-order valence-corrected chi connectivity index (χ1v) is 14.9. The number of fused-ring (bicyclic) bond motifs is 1. The van der Waals surface area contributed by atoms with Crippen LogP contribution in [0.3, 0.4) is 0 Å². The molecule has 4 heterocycles. The molecule has 5 rings (SSSR count). The van der Waals surface area contributed by atoms with Crippen LogP contribution in [0.1, 0.15) is 18.5 Å². The SMILES string of the molecule is NCC(O/N=C(\C(=O)NC1C(=O)N2C(C(=O)O)=C(CSc3nncs3)CSC12)c1csc(N)n1)C1CC1. The molecule has 2 aromatic rings. The average Bonchev–Trinajstić information content (AvgIpc) is 3.41. The van der Waals surface area contributed by atoms with Crippen LogP contribution in [0.15, 0.2) is 31.7 Å². The summed E-state index contributed by atoms with van der Waals surface area (Å²) < 4.78 is 0.708. The lowest BCUT2D eigenvalue weighted by Gasteiger charge is -2.49. The van der Waals surface area contributed by atoms with Gasteiger partial charge in [-0.1, -0.05) is 28.3 Å². The highest BCUT2D eigenvalue weighted by molar-refractivity contribution is 8.01. The molecule has 13 nitrogen and oxygen atoms in total. The Balaban J connectivity index is 1.31. The third kappa shape index (κ3) is 5.45. The minimum absolute atomic E-state index is 0.0593. The molecule has 17 heteroatoms. The molecule has 3 aliphatic rings. The highest BCUT2D eigenvalue weighted by Gasteiger charge is 2.54. The Hall–Kier alpha value is -2.73. The Morgan fingerprint density at radius 2 is 2.19 bits per heavy atom. The summed E-state index contributed by atoms with van der Waals surface area (Å²) in [6.07, 6.45) is 1.64. The molecule has 0 bridgehead atoms. The highest BCUT2D eigenvalue weighted by atomic mass is 32.2. The first kappa shape index (κ1) is 25.9. The van der Waals surface area contributed by atoms with Gasteiger partial charge < -0.3 is 26.7 Å². The normalized spacial score (nSPS) is 22.4. The van der Waals surface area contributed by atoms with Crippen molar-refractivity contribution < 1.29 is 24.3 Å². The molecule has 1 saturated carbocycles. The second-order valence-electron chi connectivity index (χ2n) is 8.34. The quantitative estimate of drug-likeness (QED) is 0.124. The molecule has 196 valence electrons. The molecule has 2 amide bonds. The predicted octanol–water partition coefficient (Wildman–Crippen LogP) is 0.566. The maximum Gasteiger partial charge on any atom is 0.352 e. The van der Waals surface area contributed by atoms with E-state index < -0.39 is 29.2 Å². The number of anilines is 1. The van der Waals surface area contributed by atoms with Gasteiger partial charge in [0.1, 0.15) is 34.4 Å². The molecule has 0 spiro atoms. The van der Waals surface area contributed by atoms with Gasteiger partial charge in [-0.2, -0.15) is 0 Å². The molecule has 0 radical (unpaired) electrons. The van der Waals surface area contributed by atoms with E-state index in [9.17, 15) is 19.5 Å². The first-order chi connectivity index (χ1) is 17.9. The minimum Gasteiger partial charge on any atom is -0.477 e. The fraction of sp³-hybridized carbons (Fsp3) is 0.450. The van der Waals surface area contributed by atoms with Crippen LogP contribution in [0.5, 0.6) is 0 Å². The number of nitrogen functional groups attached to an aromatic ring is 1. The number of oxime groups is 1. The fourth-order valence-electron chi connectivity index (χ4n) is 3.89. The predicted molar refractivity (Wildman–Crippen MR) is 140 cm³/mol. The number of hydrogen-bond acceptors (Lipinski definition) is 14. The third-order valence-corrected chi connectivity index (χ3v) is 9.85. The largest absolute Gasteiger partial charge is 0.477 e. The molecule has 0 aromatic carbocycles. The standard InChI is InChI=1S/C20H22N8O5S4/c21-3-11(8-1-2-8)33-27-12(10-6-35-19(22)24-10)15(29)25-13-16(30)28-14(18(31)32)9(4-34-17(13)28)5-36-20-26-23-7-37-20/h6-8,11,13,17H,1-5,21H2,(H2,22,24)(H,25,29)(H,31,32)/b27-12-. The zero-order valence-electron chi connectivity index (χ0n) is 19.1. The number of amides is 2. The van der Waals surface area contributed by atoms with E-state index in [2.05, 4.69) is 25.7 Å². The van der Waals surface area contributed by atoms with E-state index in [1.165, 1.54) is 39.8 Å². The van der Waals surface area contributed by atoms with Crippen molar-refractivity contribution in [3.63, 3.8) is 0 Å². The monoisotopic (exact) mass is 582 g/mol. The second kappa shape index (κ2) is 10.9.